The van der Waals surface area contributed by atoms with Crippen molar-refractivity contribution in [1.29, 1.82) is 5.26 Å². The molecule has 1 N–H and O–H groups in total. The normalized spacial score (nSPS) is 19.8. The molecule has 0 aromatic heterocycles. The van der Waals surface area contributed by atoms with Crippen molar-refractivity contribution in [3.63, 3.8) is 0 Å². The summed E-state index contributed by atoms with van der Waals surface area (Å²) in [5.74, 6) is 0. The number of benzene rings is 1. The molecule has 0 saturated heterocycles. The summed E-state index contributed by atoms with van der Waals surface area (Å²) in [7, 11) is 0. The van der Waals surface area contributed by atoms with Crippen molar-refractivity contribution < 1.29 is 0 Å². The molecule has 1 aromatic carbocycles. The van der Waals surface area contributed by atoms with Crippen molar-refractivity contribution in [3.8, 4) is 6.07 Å². The average molecular weight is 260 g/mol. The number of nitrogens with zero attached hydrogens (tertiary/aromatic N) is 1. The fourth-order valence-corrected chi connectivity index (χ4v) is 3.36. The maximum Gasteiger partial charge on any atom is 0.105 e. The van der Waals surface area contributed by atoms with Crippen LogP contribution in [0.3, 0.4) is 0 Å². The zero-order valence-electron chi connectivity index (χ0n) is 11.0. The van der Waals surface area contributed by atoms with Gasteiger partial charge < -0.3 is 0 Å². The molecule has 0 radical (unpaired) electrons. The van der Waals surface area contributed by atoms with Gasteiger partial charge in [0.2, 0.25) is 0 Å². The molecule has 2 nitrogen and oxygen atoms in total. The zero-order chi connectivity index (χ0) is 13.0. The van der Waals surface area contributed by atoms with Crippen molar-refractivity contribution in [2.45, 2.75) is 54.8 Å². The van der Waals surface area contributed by atoms with Gasteiger partial charge in [-0.2, -0.15) is 5.26 Å². The first-order valence-corrected chi connectivity index (χ1v) is 7.40. The van der Waals surface area contributed by atoms with Gasteiger partial charge in [-0.15, -0.1) is 11.8 Å². The minimum atomic E-state index is -0.387. The molecule has 2 rings (SSSR count). The van der Waals surface area contributed by atoms with Crippen LogP contribution in [0.15, 0.2) is 35.2 Å². The summed E-state index contributed by atoms with van der Waals surface area (Å²) in [6.07, 6.45) is 3.31. The fourth-order valence-electron chi connectivity index (χ4n) is 2.16. The van der Waals surface area contributed by atoms with Crippen molar-refractivity contribution in [3.05, 3.63) is 30.3 Å². The monoisotopic (exact) mass is 260 g/mol. The second-order valence-corrected chi connectivity index (χ2v) is 6.82. The van der Waals surface area contributed by atoms with Crippen LogP contribution < -0.4 is 5.32 Å². The lowest BCUT2D eigenvalue weighted by atomic mass is 9.98. The highest BCUT2D eigenvalue weighted by atomic mass is 32.2. The molecule has 0 heterocycles. The largest absolute Gasteiger partial charge is 0.297 e. The second-order valence-electron chi connectivity index (χ2n) is 5.31. The van der Waals surface area contributed by atoms with Crippen LogP contribution in [0.25, 0.3) is 0 Å². The molecule has 1 aliphatic rings. The minimum Gasteiger partial charge on any atom is -0.297 e. The van der Waals surface area contributed by atoms with E-state index < -0.39 is 0 Å². The Balaban J connectivity index is 1.89. The molecular formula is C15H20N2S. The van der Waals surface area contributed by atoms with E-state index in [4.69, 9.17) is 0 Å². The van der Waals surface area contributed by atoms with Crippen molar-refractivity contribution in [2.24, 2.45) is 0 Å². The predicted octanol–water partition coefficient (Wildman–Crippen LogP) is 3.59. The first-order valence-electron chi connectivity index (χ1n) is 6.52. The lowest BCUT2D eigenvalue weighted by Crippen LogP contribution is -2.44. The summed E-state index contributed by atoms with van der Waals surface area (Å²) in [6.45, 7) is 4.22. The molecule has 2 unspecified atom stereocenters. The lowest BCUT2D eigenvalue weighted by molar-refractivity contribution is 0.415. The van der Waals surface area contributed by atoms with Gasteiger partial charge in [0.1, 0.15) is 5.54 Å². The smallest absolute Gasteiger partial charge is 0.105 e. The van der Waals surface area contributed by atoms with Gasteiger partial charge in [-0.1, -0.05) is 25.1 Å². The molecule has 3 heteroatoms. The Hall–Kier alpha value is -0.980. The molecule has 1 aromatic rings. The summed E-state index contributed by atoms with van der Waals surface area (Å²) < 4.78 is 0. The number of hydrogen-bond donors (Lipinski definition) is 1. The van der Waals surface area contributed by atoms with E-state index in [1.165, 1.54) is 17.7 Å². The third kappa shape index (κ3) is 4.04. The van der Waals surface area contributed by atoms with Crippen molar-refractivity contribution >= 4 is 11.8 Å². The van der Waals surface area contributed by atoms with E-state index in [-0.39, 0.29) is 5.54 Å². The Morgan fingerprint density at radius 3 is 2.67 bits per heavy atom. The molecule has 0 spiro atoms. The summed E-state index contributed by atoms with van der Waals surface area (Å²) in [4.78, 5) is 1.27. The first-order chi connectivity index (χ1) is 8.61. The Bertz CT molecular complexity index is 422. The Labute approximate surface area is 114 Å². The van der Waals surface area contributed by atoms with Gasteiger partial charge in [-0.05, 0) is 38.3 Å². The number of nitriles is 1. The van der Waals surface area contributed by atoms with Crippen LogP contribution in [0.1, 0.15) is 33.1 Å². The predicted molar refractivity (Wildman–Crippen MR) is 76.6 cm³/mol. The average Bonchev–Trinajstić information content (AvgIpc) is 3.13. The van der Waals surface area contributed by atoms with Crippen LogP contribution in [0, 0.1) is 11.3 Å². The first kappa shape index (κ1) is 13.5. The van der Waals surface area contributed by atoms with Crippen LogP contribution in [-0.4, -0.2) is 16.8 Å². The molecule has 0 bridgehead atoms. The van der Waals surface area contributed by atoms with Gasteiger partial charge in [0.05, 0.1) is 6.07 Å². The maximum absolute atomic E-state index is 9.36. The topological polar surface area (TPSA) is 35.8 Å². The summed E-state index contributed by atoms with van der Waals surface area (Å²) in [5.41, 5.74) is -0.387. The molecule has 1 saturated carbocycles. The Kier molecular flexibility index (Phi) is 4.31. The number of nitrogens with one attached hydrogen (secondary N) is 1. The second kappa shape index (κ2) is 5.77. The highest BCUT2D eigenvalue weighted by Gasteiger charge is 2.33. The van der Waals surface area contributed by atoms with Crippen LogP contribution in [-0.2, 0) is 0 Å². The molecule has 1 aliphatic carbocycles. The van der Waals surface area contributed by atoms with E-state index in [0.29, 0.717) is 11.3 Å². The van der Waals surface area contributed by atoms with E-state index >= 15 is 0 Å². The maximum atomic E-state index is 9.36. The van der Waals surface area contributed by atoms with Gasteiger partial charge in [0.15, 0.2) is 0 Å². The van der Waals surface area contributed by atoms with E-state index in [9.17, 15) is 5.26 Å². The van der Waals surface area contributed by atoms with Crippen LogP contribution in [0.4, 0.5) is 0 Å². The van der Waals surface area contributed by atoms with E-state index in [1.54, 1.807) is 0 Å². The molecule has 0 aliphatic heterocycles. The van der Waals surface area contributed by atoms with E-state index in [2.05, 4.69) is 42.6 Å². The van der Waals surface area contributed by atoms with Crippen LogP contribution in [0.5, 0.6) is 0 Å². The minimum absolute atomic E-state index is 0.387. The standard InChI is InChI=1S/C15H20N2S/c1-12(18-14-6-4-3-5-7-14)10-15(2,11-16)17-13-8-9-13/h3-7,12-13,17H,8-10H2,1-2H3. The van der Waals surface area contributed by atoms with E-state index in [1.807, 2.05) is 24.8 Å². The molecule has 18 heavy (non-hydrogen) atoms. The summed E-state index contributed by atoms with van der Waals surface area (Å²) in [5, 5.41) is 13.2. The van der Waals surface area contributed by atoms with Gasteiger partial charge in [-0.3, -0.25) is 5.32 Å². The molecule has 96 valence electrons. The molecule has 0 amide bonds. The van der Waals surface area contributed by atoms with Gasteiger partial charge in [0, 0.05) is 16.2 Å². The Morgan fingerprint density at radius 1 is 1.44 bits per heavy atom. The molecule has 1 fully saturated rings. The third-order valence-corrected chi connectivity index (χ3v) is 4.24. The van der Waals surface area contributed by atoms with Gasteiger partial charge >= 0.3 is 0 Å². The summed E-state index contributed by atoms with van der Waals surface area (Å²) in [6, 6.07) is 13.4. The highest BCUT2D eigenvalue weighted by molar-refractivity contribution is 7.99. The summed E-state index contributed by atoms with van der Waals surface area (Å²) >= 11 is 1.84. The lowest BCUT2D eigenvalue weighted by Gasteiger charge is -2.26. The highest BCUT2D eigenvalue weighted by Crippen LogP contribution is 2.30. The number of rotatable bonds is 6. The molecular weight excluding hydrogens is 240 g/mol. The SMILES string of the molecule is CC(CC(C)(C#N)NC1CC1)Sc1ccccc1. The van der Waals surface area contributed by atoms with Crippen molar-refractivity contribution in [2.75, 3.05) is 0 Å². The zero-order valence-corrected chi connectivity index (χ0v) is 11.8. The number of thioether (sulfide) groups is 1. The third-order valence-electron chi connectivity index (χ3n) is 3.12. The van der Waals surface area contributed by atoms with Crippen LogP contribution >= 0.6 is 11.8 Å². The fraction of sp³-hybridized carbons (Fsp3) is 0.533. The van der Waals surface area contributed by atoms with Gasteiger partial charge in [0.25, 0.3) is 0 Å². The number of hydrogen-bond acceptors (Lipinski definition) is 3. The van der Waals surface area contributed by atoms with Crippen LogP contribution in [0.2, 0.25) is 0 Å². The molecule has 2 atom stereocenters. The van der Waals surface area contributed by atoms with E-state index in [0.717, 1.165) is 6.42 Å². The Morgan fingerprint density at radius 2 is 2.11 bits per heavy atom. The van der Waals surface area contributed by atoms with Gasteiger partial charge in [-0.25, -0.2) is 0 Å². The quantitative estimate of drug-likeness (QED) is 0.794. The van der Waals surface area contributed by atoms with Crippen molar-refractivity contribution in [1.82, 2.24) is 5.32 Å².